The lowest BCUT2D eigenvalue weighted by molar-refractivity contribution is 0.611. The minimum absolute atomic E-state index is 0.206. The molecule has 2 aromatic rings. The lowest BCUT2D eigenvalue weighted by Crippen LogP contribution is -2.02. The average Bonchev–Trinajstić information content (AvgIpc) is 2.76. The summed E-state index contributed by atoms with van der Waals surface area (Å²) in [7, 11) is 0. The van der Waals surface area contributed by atoms with E-state index in [1.807, 2.05) is 30.3 Å². The molecule has 1 heterocycles. The molecule has 0 fully saturated rings. The van der Waals surface area contributed by atoms with Crippen LogP contribution in [0.3, 0.4) is 0 Å². The molecule has 2 N–H and O–H groups in total. The van der Waals surface area contributed by atoms with Gasteiger partial charge in [-0.05, 0) is 24.1 Å². The van der Waals surface area contributed by atoms with Crippen molar-refractivity contribution >= 4 is 5.69 Å². The summed E-state index contributed by atoms with van der Waals surface area (Å²) in [5, 5.41) is 12.5. The summed E-state index contributed by atoms with van der Waals surface area (Å²) in [6.07, 6.45) is 2.41. The fourth-order valence-corrected chi connectivity index (χ4v) is 1.38. The minimum atomic E-state index is 0.206. The van der Waals surface area contributed by atoms with Crippen molar-refractivity contribution in [3.8, 4) is 6.07 Å². The number of rotatable bonds is 3. The molecular formula is C11H11N5. The molecule has 0 saturated carbocycles. The molecule has 16 heavy (non-hydrogen) atoms. The summed E-state index contributed by atoms with van der Waals surface area (Å²) in [6, 6.07) is 9.61. The molecule has 0 aliphatic rings. The van der Waals surface area contributed by atoms with Gasteiger partial charge in [0.25, 0.3) is 5.82 Å². The number of aromatic nitrogens is 3. The van der Waals surface area contributed by atoms with E-state index in [9.17, 15) is 0 Å². The van der Waals surface area contributed by atoms with Crippen molar-refractivity contribution in [2.75, 3.05) is 5.73 Å². The maximum absolute atomic E-state index is 8.56. The lowest BCUT2D eigenvalue weighted by atomic mass is 10.1. The number of nitrogens with zero attached hydrogens (tertiary/aromatic N) is 4. The van der Waals surface area contributed by atoms with Crippen LogP contribution in [-0.4, -0.2) is 14.8 Å². The molecule has 80 valence electrons. The second-order valence-corrected chi connectivity index (χ2v) is 3.43. The van der Waals surface area contributed by atoms with Crippen LogP contribution < -0.4 is 5.73 Å². The van der Waals surface area contributed by atoms with Crippen molar-refractivity contribution in [3.63, 3.8) is 0 Å². The van der Waals surface area contributed by atoms with Crippen LogP contribution in [0.4, 0.5) is 5.69 Å². The number of nitrogens with two attached hydrogens (primary N) is 1. The molecule has 0 aliphatic carbocycles. The zero-order chi connectivity index (χ0) is 11.4. The molecule has 0 atom stereocenters. The largest absolute Gasteiger partial charge is 0.399 e. The highest BCUT2D eigenvalue weighted by Gasteiger charge is 1.99. The van der Waals surface area contributed by atoms with Gasteiger partial charge >= 0.3 is 0 Å². The van der Waals surface area contributed by atoms with Gasteiger partial charge in [-0.3, -0.25) is 4.68 Å². The third-order valence-electron chi connectivity index (χ3n) is 2.25. The highest BCUT2D eigenvalue weighted by atomic mass is 15.3. The summed E-state index contributed by atoms with van der Waals surface area (Å²) in [4.78, 5) is 3.83. The molecule has 1 aromatic heterocycles. The zero-order valence-corrected chi connectivity index (χ0v) is 8.67. The highest BCUT2D eigenvalue weighted by molar-refractivity contribution is 5.39. The number of benzene rings is 1. The van der Waals surface area contributed by atoms with E-state index in [0.29, 0.717) is 6.54 Å². The maximum Gasteiger partial charge on any atom is 0.252 e. The molecule has 5 nitrogen and oxygen atoms in total. The van der Waals surface area contributed by atoms with Crippen LogP contribution in [0.2, 0.25) is 0 Å². The van der Waals surface area contributed by atoms with Crippen LogP contribution in [-0.2, 0) is 13.0 Å². The van der Waals surface area contributed by atoms with Gasteiger partial charge in [0, 0.05) is 12.2 Å². The number of nitrogen functional groups attached to an aromatic ring is 1. The topological polar surface area (TPSA) is 80.5 Å². The fourth-order valence-electron chi connectivity index (χ4n) is 1.38. The Bertz CT molecular complexity index is 506. The molecule has 1 aromatic carbocycles. The second kappa shape index (κ2) is 4.45. The van der Waals surface area contributed by atoms with E-state index in [-0.39, 0.29) is 5.82 Å². The maximum atomic E-state index is 8.56. The van der Waals surface area contributed by atoms with E-state index in [1.165, 1.54) is 5.56 Å². The van der Waals surface area contributed by atoms with Gasteiger partial charge in [-0.2, -0.15) is 5.26 Å². The normalized spacial score (nSPS) is 9.94. The van der Waals surface area contributed by atoms with Crippen molar-refractivity contribution in [1.29, 1.82) is 5.26 Å². The summed E-state index contributed by atoms with van der Waals surface area (Å²) in [6.45, 7) is 0.707. The molecule has 5 heteroatoms. The van der Waals surface area contributed by atoms with Crippen LogP contribution in [0, 0.1) is 11.3 Å². The van der Waals surface area contributed by atoms with Gasteiger partial charge in [-0.15, -0.1) is 5.10 Å². The van der Waals surface area contributed by atoms with Gasteiger partial charge in [-0.1, -0.05) is 12.1 Å². The van der Waals surface area contributed by atoms with Gasteiger partial charge in [0.15, 0.2) is 0 Å². The van der Waals surface area contributed by atoms with Crippen molar-refractivity contribution in [3.05, 3.63) is 42.0 Å². The van der Waals surface area contributed by atoms with E-state index in [0.717, 1.165) is 12.1 Å². The number of aryl methyl sites for hydroxylation is 2. The third-order valence-corrected chi connectivity index (χ3v) is 2.25. The molecule has 0 aliphatic heterocycles. The zero-order valence-electron chi connectivity index (χ0n) is 8.67. The Morgan fingerprint density at radius 1 is 1.31 bits per heavy atom. The van der Waals surface area contributed by atoms with Gasteiger partial charge in [0.2, 0.25) is 0 Å². The van der Waals surface area contributed by atoms with Crippen LogP contribution in [0.5, 0.6) is 0 Å². The Labute approximate surface area is 93.1 Å². The Balaban J connectivity index is 1.97. The lowest BCUT2D eigenvalue weighted by Gasteiger charge is -2.01. The molecule has 0 spiro atoms. The van der Waals surface area contributed by atoms with E-state index >= 15 is 0 Å². The number of hydrogen-bond acceptors (Lipinski definition) is 4. The Morgan fingerprint density at radius 2 is 2.06 bits per heavy atom. The van der Waals surface area contributed by atoms with Gasteiger partial charge in [0.1, 0.15) is 12.4 Å². The first-order valence-corrected chi connectivity index (χ1v) is 4.92. The minimum Gasteiger partial charge on any atom is -0.399 e. The van der Waals surface area contributed by atoms with Crippen LogP contribution in [0.1, 0.15) is 11.4 Å². The van der Waals surface area contributed by atoms with Crippen molar-refractivity contribution < 1.29 is 0 Å². The molecular weight excluding hydrogens is 202 g/mol. The molecule has 0 unspecified atom stereocenters. The Kier molecular flexibility index (Phi) is 2.83. The van der Waals surface area contributed by atoms with Gasteiger partial charge < -0.3 is 5.73 Å². The first kappa shape index (κ1) is 10.2. The predicted molar refractivity (Wildman–Crippen MR) is 59.3 cm³/mol. The first-order valence-electron chi connectivity index (χ1n) is 4.92. The SMILES string of the molecule is N#Cc1ncn(CCc2ccc(N)cc2)n1. The van der Waals surface area contributed by atoms with E-state index < -0.39 is 0 Å². The van der Waals surface area contributed by atoms with Crippen LogP contribution in [0.15, 0.2) is 30.6 Å². The van der Waals surface area contributed by atoms with Crippen molar-refractivity contribution in [2.45, 2.75) is 13.0 Å². The van der Waals surface area contributed by atoms with Crippen LogP contribution in [0.25, 0.3) is 0 Å². The summed E-state index contributed by atoms with van der Waals surface area (Å²) >= 11 is 0. The second-order valence-electron chi connectivity index (χ2n) is 3.43. The standard InChI is InChI=1S/C11H11N5/c12-7-11-14-8-16(15-11)6-5-9-1-3-10(13)4-2-9/h1-4,8H,5-6,13H2. The van der Waals surface area contributed by atoms with Gasteiger partial charge in [-0.25, -0.2) is 4.98 Å². The molecule has 0 saturated heterocycles. The molecule has 0 amide bonds. The predicted octanol–water partition coefficient (Wildman–Crippen LogP) is 0.975. The third kappa shape index (κ3) is 2.36. The fraction of sp³-hybridized carbons (Fsp3) is 0.182. The smallest absolute Gasteiger partial charge is 0.252 e. The number of nitriles is 1. The van der Waals surface area contributed by atoms with E-state index in [4.69, 9.17) is 11.0 Å². The van der Waals surface area contributed by atoms with Crippen molar-refractivity contribution in [2.24, 2.45) is 0 Å². The number of hydrogen-bond donors (Lipinski definition) is 1. The van der Waals surface area contributed by atoms with Crippen LogP contribution >= 0.6 is 0 Å². The van der Waals surface area contributed by atoms with E-state index in [2.05, 4.69) is 10.1 Å². The highest BCUT2D eigenvalue weighted by Crippen LogP contribution is 2.06. The summed E-state index contributed by atoms with van der Waals surface area (Å²) in [5.74, 6) is 0.206. The molecule has 2 rings (SSSR count). The Morgan fingerprint density at radius 3 is 2.69 bits per heavy atom. The molecule has 0 bridgehead atoms. The quantitative estimate of drug-likeness (QED) is 0.770. The van der Waals surface area contributed by atoms with E-state index in [1.54, 1.807) is 11.0 Å². The first-order chi connectivity index (χ1) is 7.78. The monoisotopic (exact) mass is 213 g/mol. The average molecular weight is 213 g/mol. The number of anilines is 1. The van der Waals surface area contributed by atoms with Crippen molar-refractivity contribution in [1.82, 2.24) is 14.8 Å². The Hall–Kier alpha value is -2.35. The molecule has 0 radical (unpaired) electrons. The van der Waals surface area contributed by atoms with Gasteiger partial charge in [0.05, 0.1) is 0 Å². The summed E-state index contributed by atoms with van der Waals surface area (Å²) < 4.78 is 1.66. The summed E-state index contributed by atoms with van der Waals surface area (Å²) in [5.41, 5.74) is 7.54.